The van der Waals surface area contributed by atoms with Crippen LogP contribution < -0.4 is 5.32 Å². The molecule has 0 spiro atoms. The van der Waals surface area contributed by atoms with Gasteiger partial charge in [-0.3, -0.25) is 4.79 Å². The molecule has 0 aliphatic rings. The molecule has 2 nitrogen and oxygen atoms in total. The fraction of sp³-hybridized carbons (Fsp3) is 0.350. The molecule has 0 fully saturated rings. The smallest absolute Gasteiger partial charge is 0.252 e. The SMILES string of the molecule is CSc1ccccc1C(=O)N[C@H](C)c1ccc(C(C)(C)C)cc1. The molecule has 0 saturated carbocycles. The van der Waals surface area contributed by atoms with Gasteiger partial charge in [0, 0.05) is 4.90 Å². The number of nitrogens with one attached hydrogen (secondary N) is 1. The summed E-state index contributed by atoms with van der Waals surface area (Å²) in [5.41, 5.74) is 3.29. The van der Waals surface area contributed by atoms with Crippen molar-refractivity contribution in [3.8, 4) is 0 Å². The Labute approximate surface area is 143 Å². The Kier molecular flexibility index (Phi) is 5.53. The minimum absolute atomic E-state index is 0.0218. The topological polar surface area (TPSA) is 29.1 Å². The predicted octanol–water partition coefficient (Wildman–Crippen LogP) is 5.20. The lowest BCUT2D eigenvalue weighted by Gasteiger charge is -2.21. The van der Waals surface area contributed by atoms with Gasteiger partial charge in [0.15, 0.2) is 0 Å². The van der Waals surface area contributed by atoms with E-state index in [1.54, 1.807) is 11.8 Å². The van der Waals surface area contributed by atoms with Crippen LogP contribution in [-0.2, 0) is 5.41 Å². The first-order valence-corrected chi connectivity index (χ1v) is 9.09. The van der Waals surface area contributed by atoms with E-state index in [2.05, 4.69) is 50.4 Å². The summed E-state index contributed by atoms with van der Waals surface area (Å²) in [5.74, 6) is -0.0256. The van der Waals surface area contributed by atoms with E-state index in [9.17, 15) is 4.79 Å². The van der Waals surface area contributed by atoms with Crippen molar-refractivity contribution in [2.75, 3.05) is 6.26 Å². The summed E-state index contributed by atoms with van der Waals surface area (Å²) in [7, 11) is 0. The van der Waals surface area contributed by atoms with Gasteiger partial charge >= 0.3 is 0 Å². The van der Waals surface area contributed by atoms with E-state index in [0.717, 1.165) is 16.0 Å². The second-order valence-electron chi connectivity index (χ2n) is 6.77. The van der Waals surface area contributed by atoms with Gasteiger partial charge in [-0.15, -0.1) is 11.8 Å². The summed E-state index contributed by atoms with van der Waals surface area (Å²) in [4.78, 5) is 13.5. The molecule has 1 atom stereocenters. The van der Waals surface area contributed by atoms with Crippen LogP contribution in [-0.4, -0.2) is 12.2 Å². The molecule has 0 aliphatic carbocycles. The molecule has 2 aromatic carbocycles. The van der Waals surface area contributed by atoms with Crippen molar-refractivity contribution in [3.63, 3.8) is 0 Å². The summed E-state index contributed by atoms with van der Waals surface area (Å²) in [6.07, 6.45) is 1.99. The largest absolute Gasteiger partial charge is 0.345 e. The molecule has 0 aromatic heterocycles. The highest BCUT2D eigenvalue weighted by molar-refractivity contribution is 7.98. The van der Waals surface area contributed by atoms with E-state index < -0.39 is 0 Å². The van der Waals surface area contributed by atoms with Gasteiger partial charge in [-0.25, -0.2) is 0 Å². The number of carbonyl (C=O) groups excluding carboxylic acids is 1. The Bertz CT molecular complexity index is 671. The predicted molar refractivity (Wildman–Crippen MR) is 99.2 cm³/mol. The Morgan fingerprint density at radius 1 is 1.04 bits per heavy atom. The first-order chi connectivity index (χ1) is 10.8. The van der Waals surface area contributed by atoms with Crippen molar-refractivity contribution in [2.45, 2.75) is 44.0 Å². The van der Waals surface area contributed by atoms with Gasteiger partial charge < -0.3 is 5.32 Å². The Hall–Kier alpha value is -1.74. The van der Waals surface area contributed by atoms with Crippen molar-refractivity contribution in [2.24, 2.45) is 0 Å². The fourth-order valence-corrected chi connectivity index (χ4v) is 3.06. The molecule has 23 heavy (non-hydrogen) atoms. The van der Waals surface area contributed by atoms with Crippen LogP contribution in [0, 0.1) is 0 Å². The average molecular weight is 327 g/mol. The zero-order valence-corrected chi connectivity index (χ0v) is 15.3. The summed E-state index contributed by atoms with van der Waals surface area (Å²) >= 11 is 1.59. The maximum atomic E-state index is 12.5. The average Bonchev–Trinajstić information content (AvgIpc) is 2.54. The highest BCUT2D eigenvalue weighted by Crippen LogP contribution is 2.25. The molecular formula is C20H25NOS. The molecule has 0 unspecified atom stereocenters. The zero-order valence-electron chi connectivity index (χ0n) is 14.5. The van der Waals surface area contributed by atoms with Gasteiger partial charge in [0.05, 0.1) is 11.6 Å². The van der Waals surface area contributed by atoms with Crippen LogP contribution in [0.2, 0.25) is 0 Å². The van der Waals surface area contributed by atoms with E-state index in [4.69, 9.17) is 0 Å². The summed E-state index contributed by atoms with van der Waals surface area (Å²) in [5, 5.41) is 3.09. The molecule has 0 bridgehead atoms. The standard InChI is InChI=1S/C20H25NOS/c1-14(15-10-12-16(13-11-15)20(2,3)4)21-19(22)17-8-6-7-9-18(17)23-5/h6-14H,1-5H3,(H,21,22)/t14-/m1/s1. The number of thioether (sulfide) groups is 1. The molecule has 0 heterocycles. The van der Waals surface area contributed by atoms with Gasteiger partial charge in [0.2, 0.25) is 0 Å². The minimum Gasteiger partial charge on any atom is -0.345 e. The molecule has 122 valence electrons. The number of hydrogen-bond acceptors (Lipinski definition) is 2. The second kappa shape index (κ2) is 7.22. The Morgan fingerprint density at radius 3 is 2.22 bits per heavy atom. The van der Waals surface area contributed by atoms with Gasteiger partial charge in [-0.2, -0.15) is 0 Å². The van der Waals surface area contributed by atoms with Crippen molar-refractivity contribution in [1.29, 1.82) is 0 Å². The molecule has 2 aromatic rings. The highest BCUT2D eigenvalue weighted by Gasteiger charge is 2.16. The van der Waals surface area contributed by atoms with Crippen molar-refractivity contribution >= 4 is 17.7 Å². The molecule has 0 aliphatic heterocycles. The van der Waals surface area contributed by atoms with Gasteiger partial charge in [0.25, 0.3) is 5.91 Å². The molecular weight excluding hydrogens is 302 g/mol. The van der Waals surface area contributed by atoms with E-state index in [1.807, 2.05) is 37.4 Å². The van der Waals surface area contributed by atoms with Gasteiger partial charge in [-0.05, 0) is 41.9 Å². The van der Waals surface area contributed by atoms with Crippen LogP contribution >= 0.6 is 11.8 Å². The van der Waals surface area contributed by atoms with Gasteiger partial charge in [-0.1, -0.05) is 57.2 Å². The third-order valence-corrected chi connectivity index (χ3v) is 4.77. The number of rotatable bonds is 4. The number of hydrogen-bond donors (Lipinski definition) is 1. The second-order valence-corrected chi connectivity index (χ2v) is 7.62. The Morgan fingerprint density at radius 2 is 1.65 bits per heavy atom. The van der Waals surface area contributed by atoms with Crippen molar-refractivity contribution in [1.82, 2.24) is 5.32 Å². The lowest BCUT2D eigenvalue weighted by Crippen LogP contribution is -2.27. The molecule has 1 N–H and O–H groups in total. The van der Waals surface area contributed by atoms with E-state index in [-0.39, 0.29) is 17.4 Å². The molecule has 0 radical (unpaired) electrons. The fourth-order valence-electron chi connectivity index (χ4n) is 2.46. The van der Waals surface area contributed by atoms with Crippen LogP contribution in [0.15, 0.2) is 53.4 Å². The zero-order chi connectivity index (χ0) is 17.0. The third kappa shape index (κ3) is 4.38. The normalized spacial score (nSPS) is 12.7. The first kappa shape index (κ1) is 17.6. The summed E-state index contributed by atoms with van der Waals surface area (Å²) < 4.78 is 0. The molecule has 1 amide bonds. The van der Waals surface area contributed by atoms with Crippen LogP contribution in [0.4, 0.5) is 0 Å². The van der Waals surface area contributed by atoms with Crippen LogP contribution in [0.25, 0.3) is 0 Å². The van der Waals surface area contributed by atoms with E-state index >= 15 is 0 Å². The third-order valence-electron chi connectivity index (χ3n) is 3.98. The summed E-state index contributed by atoms with van der Waals surface area (Å²) in [6, 6.07) is 16.2. The molecule has 2 rings (SSSR count). The van der Waals surface area contributed by atoms with E-state index in [0.29, 0.717) is 0 Å². The van der Waals surface area contributed by atoms with Gasteiger partial charge in [0.1, 0.15) is 0 Å². The van der Waals surface area contributed by atoms with E-state index in [1.165, 1.54) is 5.56 Å². The van der Waals surface area contributed by atoms with Crippen molar-refractivity contribution in [3.05, 3.63) is 65.2 Å². The maximum absolute atomic E-state index is 12.5. The minimum atomic E-state index is -0.0256. The number of benzene rings is 2. The quantitative estimate of drug-likeness (QED) is 0.782. The van der Waals surface area contributed by atoms with Crippen molar-refractivity contribution < 1.29 is 4.79 Å². The first-order valence-electron chi connectivity index (χ1n) is 7.87. The highest BCUT2D eigenvalue weighted by atomic mass is 32.2. The Balaban J connectivity index is 2.12. The van der Waals surface area contributed by atoms with Crippen LogP contribution in [0.5, 0.6) is 0 Å². The maximum Gasteiger partial charge on any atom is 0.252 e. The lowest BCUT2D eigenvalue weighted by atomic mass is 9.86. The lowest BCUT2D eigenvalue weighted by molar-refractivity contribution is 0.0937. The number of amides is 1. The summed E-state index contributed by atoms with van der Waals surface area (Å²) in [6.45, 7) is 8.62. The molecule has 3 heteroatoms. The number of carbonyl (C=O) groups is 1. The van der Waals surface area contributed by atoms with Crippen LogP contribution in [0.3, 0.4) is 0 Å². The van der Waals surface area contributed by atoms with Crippen LogP contribution in [0.1, 0.15) is 55.2 Å². The monoisotopic (exact) mass is 327 g/mol. The molecule has 0 saturated heterocycles.